The average Bonchev–Trinajstić information content (AvgIpc) is 3.18. The first-order valence-electron chi connectivity index (χ1n) is 11.5. The van der Waals surface area contributed by atoms with Gasteiger partial charge in [0.15, 0.2) is 5.92 Å². The third-order valence-corrected chi connectivity index (χ3v) is 7.15. The van der Waals surface area contributed by atoms with Crippen LogP contribution >= 0.6 is 0 Å². The summed E-state index contributed by atoms with van der Waals surface area (Å²) in [7, 11) is 0. The van der Waals surface area contributed by atoms with Gasteiger partial charge in [-0.2, -0.15) is 31.4 Å². The van der Waals surface area contributed by atoms with Crippen LogP contribution in [0.2, 0.25) is 0 Å². The van der Waals surface area contributed by atoms with Crippen LogP contribution in [0.5, 0.6) is 0 Å². The fraction of sp³-hybridized carbons (Fsp3) is 0.762. The predicted octanol–water partition coefficient (Wildman–Crippen LogP) is 2.26. The van der Waals surface area contributed by atoms with E-state index in [0.717, 1.165) is 12.8 Å². The minimum atomic E-state index is -5.59. The first kappa shape index (κ1) is 25.7. The molecular formula is C21H27F6N5O3. The van der Waals surface area contributed by atoms with E-state index in [0.29, 0.717) is 24.6 Å². The average molecular weight is 511 g/mol. The molecule has 3 fully saturated rings. The molecule has 35 heavy (non-hydrogen) atoms. The zero-order chi connectivity index (χ0) is 25.7. The summed E-state index contributed by atoms with van der Waals surface area (Å²) in [6.45, 7) is 2.56. The third kappa shape index (κ3) is 5.27. The number of amides is 1. The maximum Gasteiger partial charge on any atom is 0.402 e. The topological polar surface area (TPSA) is 99.5 Å². The monoisotopic (exact) mass is 511 g/mol. The van der Waals surface area contributed by atoms with Gasteiger partial charge >= 0.3 is 18.3 Å². The van der Waals surface area contributed by atoms with Crippen LogP contribution in [-0.2, 0) is 17.9 Å². The molecule has 0 bridgehead atoms. The van der Waals surface area contributed by atoms with Crippen LogP contribution < -0.4 is 10.6 Å². The summed E-state index contributed by atoms with van der Waals surface area (Å²) in [6.07, 6.45) is -7.64. The number of nitrogens with zero attached hydrogens (tertiary/aromatic N) is 3. The van der Waals surface area contributed by atoms with Crippen molar-refractivity contribution in [2.24, 2.45) is 23.7 Å². The van der Waals surface area contributed by atoms with Gasteiger partial charge in [-0.25, -0.2) is 0 Å². The molecule has 3 N–H and O–H groups in total. The van der Waals surface area contributed by atoms with E-state index < -0.39 is 48.2 Å². The van der Waals surface area contributed by atoms with Gasteiger partial charge in [0.25, 0.3) is 5.91 Å². The van der Waals surface area contributed by atoms with Crippen molar-refractivity contribution in [3.8, 4) is 0 Å². The number of aromatic nitrogens is 2. The minimum absolute atomic E-state index is 0.0198. The van der Waals surface area contributed by atoms with Crippen molar-refractivity contribution >= 4 is 11.9 Å². The molecule has 2 saturated heterocycles. The number of halogens is 6. The van der Waals surface area contributed by atoms with Crippen molar-refractivity contribution in [1.82, 2.24) is 25.3 Å². The van der Waals surface area contributed by atoms with E-state index in [4.69, 9.17) is 0 Å². The maximum atomic E-state index is 13.4. The number of carboxylic acids is 1. The fourth-order valence-electron chi connectivity index (χ4n) is 5.37. The Balaban J connectivity index is 1.55. The smallest absolute Gasteiger partial charge is 0.402 e. The van der Waals surface area contributed by atoms with Gasteiger partial charge in [-0.05, 0) is 31.6 Å². The van der Waals surface area contributed by atoms with Crippen molar-refractivity contribution in [2.45, 2.75) is 57.3 Å². The van der Waals surface area contributed by atoms with E-state index in [1.54, 1.807) is 11.8 Å². The molecule has 196 valence electrons. The van der Waals surface area contributed by atoms with Crippen LogP contribution in [0.3, 0.4) is 0 Å². The highest BCUT2D eigenvalue weighted by atomic mass is 19.4. The van der Waals surface area contributed by atoms with Crippen LogP contribution in [0.1, 0.15) is 35.8 Å². The zero-order valence-corrected chi connectivity index (χ0v) is 18.9. The lowest BCUT2D eigenvalue weighted by Crippen LogP contribution is -2.53. The molecule has 14 heteroatoms. The summed E-state index contributed by atoms with van der Waals surface area (Å²) in [5.74, 6) is -7.21. The number of hydrogen-bond acceptors (Lipinski definition) is 5. The quantitative estimate of drug-likeness (QED) is 0.464. The van der Waals surface area contributed by atoms with Gasteiger partial charge < -0.3 is 15.7 Å². The first-order valence-corrected chi connectivity index (χ1v) is 11.5. The van der Waals surface area contributed by atoms with Crippen LogP contribution in [0.15, 0.2) is 6.20 Å². The van der Waals surface area contributed by atoms with Gasteiger partial charge in [0.2, 0.25) is 0 Å². The van der Waals surface area contributed by atoms with Crippen LogP contribution in [0.25, 0.3) is 0 Å². The molecule has 1 amide bonds. The highest BCUT2D eigenvalue weighted by Crippen LogP contribution is 2.48. The highest BCUT2D eigenvalue weighted by Gasteiger charge is 2.66. The van der Waals surface area contributed by atoms with E-state index in [1.165, 1.54) is 10.9 Å². The van der Waals surface area contributed by atoms with Gasteiger partial charge in [-0.1, -0.05) is 0 Å². The summed E-state index contributed by atoms with van der Waals surface area (Å²) < 4.78 is 82.1. The van der Waals surface area contributed by atoms with Crippen LogP contribution in [0, 0.1) is 23.7 Å². The number of fused-ring (bicyclic) bond motifs is 1. The fourth-order valence-corrected chi connectivity index (χ4v) is 5.37. The minimum Gasteiger partial charge on any atom is -0.480 e. The van der Waals surface area contributed by atoms with E-state index >= 15 is 0 Å². The molecule has 1 aromatic rings. The highest BCUT2D eigenvalue weighted by molar-refractivity contribution is 5.94. The Labute approximate surface area is 197 Å². The van der Waals surface area contributed by atoms with Gasteiger partial charge in [0.1, 0.15) is 11.7 Å². The van der Waals surface area contributed by atoms with Crippen molar-refractivity contribution in [3.05, 3.63) is 17.5 Å². The lowest BCUT2D eigenvalue weighted by Gasteiger charge is -2.32. The number of aliphatic carboxylic acids is 1. The maximum absolute atomic E-state index is 13.4. The molecule has 0 aromatic carbocycles. The molecule has 3 heterocycles. The van der Waals surface area contributed by atoms with Gasteiger partial charge in [-0.3, -0.25) is 19.2 Å². The first-order chi connectivity index (χ1) is 16.3. The molecule has 4 rings (SSSR count). The molecule has 1 aliphatic carbocycles. The molecular weight excluding hydrogens is 484 g/mol. The number of carbonyl (C=O) groups excluding carboxylic acids is 1. The number of carbonyl (C=O) groups is 2. The summed E-state index contributed by atoms with van der Waals surface area (Å²) in [4.78, 5) is 26.1. The Kier molecular flexibility index (Phi) is 6.81. The molecule has 4 atom stereocenters. The molecule has 3 aliphatic rings. The van der Waals surface area contributed by atoms with Crippen molar-refractivity contribution in [1.29, 1.82) is 0 Å². The second kappa shape index (κ2) is 9.26. The third-order valence-electron chi connectivity index (χ3n) is 7.15. The number of carboxylic acid groups (broad SMARTS) is 1. The lowest BCUT2D eigenvalue weighted by atomic mass is 9.84. The number of alkyl halides is 6. The van der Waals surface area contributed by atoms with E-state index in [1.807, 2.05) is 0 Å². The van der Waals surface area contributed by atoms with Crippen molar-refractivity contribution in [2.75, 3.05) is 19.6 Å². The van der Waals surface area contributed by atoms with Crippen LogP contribution in [-0.4, -0.2) is 75.7 Å². The van der Waals surface area contributed by atoms with Crippen LogP contribution in [0.4, 0.5) is 26.3 Å². The molecule has 1 saturated carbocycles. The molecule has 8 nitrogen and oxygen atoms in total. The van der Waals surface area contributed by atoms with E-state index in [9.17, 15) is 41.0 Å². The SMILES string of the molecule is CCn1ncc(CN2CC3C(C(=O)O)NC(C(C(F)(F)F)C(F)(F)F)C3C2)c1C(=O)NCC1CC1. The second-order valence-corrected chi connectivity index (χ2v) is 9.58. The Morgan fingerprint density at radius 2 is 1.80 bits per heavy atom. The number of nitrogens with one attached hydrogen (secondary N) is 2. The number of likely N-dealkylation sites (tertiary alicyclic amines) is 1. The van der Waals surface area contributed by atoms with Crippen molar-refractivity contribution in [3.63, 3.8) is 0 Å². The molecule has 2 aliphatic heterocycles. The molecule has 4 unspecified atom stereocenters. The Bertz CT molecular complexity index is 946. The Morgan fingerprint density at radius 3 is 2.34 bits per heavy atom. The summed E-state index contributed by atoms with van der Waals surface area (Å²) in [5, 5.41) is 18.6. The van der Waals surface area contributed by atoms with E-state index in [-0.39, 0.29) is 31.2 Å². The van der Waals surface area contributed by atoms with E-state index in [2.05, 4.69) is 15.7 Å². The van der Waals surface area contributed by atoms with Gasteiger partial charge in [0, 0.05) is 50.2 Å². The summed E-state index contributed by atoms with van der Waals surface area (Å²) in [5.41, 5.74) is 0.776. The van der Waals surface area contributed by atoms with Gasteiger partial charge in [-0.15, -0.1) is 0 Å². The molecule has 0 radical (unpaired) electrons. The zero-order valence-electron chi connectivity index (χ0n) is 18.9. The van der Waals surface area contributed by atoms with Crippen molar-refractivity contribution < 1.29 is 41.0 Å². The summed E-state index contributed by atoms with van der Waals surface area (Å²) >= 11 is 0. The normalized spacial score (nSPS) is 27.4. The number of rotatable bonds is 8. The number of hydrogen-bond donors (Lipinski definition) is 3. The van der Waals surface area contributed by atoms with Gasteiger partial charge in [0.05, 0.1) is 6.20 Å². The largest absolute Gasteiger partial charge is 0.480 e. The molecule has 1 aromatic heterocycles. The molecule has 0 spiro atoms. The summed E-state index contributed by atoms with van der Waals surface area (Å²) in [6, 6.07) is -3.66. The lowest BCUT2D eigenvalue weighted by molar-refractivity contribution is -0.293. The Morgan fingerprint density at radius 1 is 1.17 bits per heavy atom. The Hall–Kier alpha value is -2.35. The standard InChI is InChI=1S/C21H27F6N5O3/c1-2-32-16(18(33)28-5-10-3-4-10)11(6-29-32)7-31-8-12-13(9-31)15(19(34)35)30-14(12)17(20(22,23)24)21(25,26)27/h6,10,12-15,17,30H,2-5,7-9H2,1H3,(H,28,33)(H,34,35). The second-order valence-electron chi connectivity index (χ2n) is 9.58. The number of aryl methyl sites for hydroxylation is 1. The predicted molar refractivity (Wildman–Crippen MR) is 109 cm³/mol.